The first-order chi connectivity index (χ1) is 12.2. The van der Waals surface area contributed by atoms with E-state index in [4.69, 9.17) is 9.47 Å². The second kappa shape index (κ2) is 8.39. The summed E-state index contributed by atoms with van der Waals surface area (Å²) >= 11 is 0. The molecule has 0 unspecified atom stereocenters. The Morgan fingerprint density at radius 2 is 1.48 bits per heavy atom. The molecule has 2 nitrogen and oxygen atoms in total. The largest absolute Gasteiger partial charge is 0.493 e. The summed E-state index contributed by atoms with van der Waals surface area (Å²) in [5, 5.41) is 0. The van der Waals surface area contributed by atoms with Gasteiger partial charge in [0.15, 0.2) is 0 Å². The van der Waals surface area contributed by atoms with Gasteiger partial charge in [-0.3, -0.25) is 0 Å². The number of benzene rings is 2. The lowest BCUT2D eigenvalue weighted by Gasteiger charge is -2.22. The molecule has 128 valence electrons. The minimum absolute atomic E-state index is 0.251. The fourth-order valence-corrected chi connectivity index (χ4v) is 2.74. The third-order valence-electron chi connectivity index (χ3n) is 4.24. The molecular weight excluding hydrogens is 308 g/mol. The van der Waals surface area contributed by atoms with Crippen molar-refractivity contribution in [2.24, 2.45) is 5.92 Å². The van der Waals surface area contributed by atoms with Crippen LogP contribution in [0.1, 0.15) is 24.5 Å². The van der Waals surface area contributed by atoms with E-state index in [9.17, 15) is 0 Å². The van der Waals surface area contributed by atoms with Crippen LogP contribution in [0.25, 0.3) is 0 Å². The van der Waals surface area contributed by atoms with Crippen LogP contribution in [0, 0.1) is 5.92 Å². The molecule has 2 aromatic carbocycles. The van der Waals surface area contributed by atoms with E-state index in [0.29, 0.717) is 13.2 Å². The van der Waals surface area contributed by atoms with Crippen LogP contribution in [0.15, 0.2) is 96.5 Å². The zero-order valence-electron chi connectivity index (χ0n) is 14.7. The van der Waals surface area contributed by atoms with E-state index >= 15 is 0 Å². The van der Waals surface area contributed by atoms with Crippen molar-refractivity contribution in [3.63, 3.8) is 0 Å². The van der Waals surface area contributed by atoms with Gasteiger partial charge < -0.3 is 9.47 Å². The highest BCUT2D eigenvalue weighted by Crippen LogP contribution is 2.29. The van der Waals surface area contributed by atoms with Gasteiger partial charge >= 0.3 is 0 Å². The molecule has 1 atom stereocenters. The predicted molar refractivity (Wildman–Crippen MR) is 102 cm³/mol. The summed E-state index contributed by atoms with van der Waals surface area (Å²) in [5.74, 6) is 2.05. The Hall–Kier alpha value is -2.74. The maximum atomic E-state index is 6.03. The molecule has 0 aliphatic heterocycles. The Morgan fingerprint density at radius 3 is 2.04 bits per heavy atom. The second-order valence-corrected chi connectivity index (χ2v) is 6.39. The summed E-state index contributed by atoms with van der Waals surface area (Å²) in [7, 11) is 0. The van der Waals surface area contributed by atoms with Crippen molar-refractivity contribution in [1.82, 2.24) is 0 Å². The van der Waals surface area contributed by atoms with Gasteiger partial charge in [-0.05, 0) is 24.1 Å². The molecule has 0 amide bonds. The molecule has 25 heavy (non-hydrogen) atoms. The molecule has 3 rings (SSSR count). The SMILES string of the molecule is C=C(C)[C@H]1C=C(OCc2ccccc2)C=C(OCc2ccccc2)C1. The minimum Gasteiger partial charge on any atom is -0.493 e. The molecule has 0 aromatic heterocycles. The van der Waals surface area contributed by atoms with Crippen LogP contribution in [0.5, 0.6) is 0 Å². The average molecular weight is 332 g/mol. The number of hydrogen-bond acceptors (Lipinski definition) is 2. The molecule has 2 heteroatoms. The van der Waals surface area contributed by atoms with Gasteiger partial charge in [0.2, 0.25) is 0 Å². The Labute approximate surface area is 150 Å². The van der Waals surface area contributed by atoms with Crippen molar-refractivity contribution in [3.05, 3.63) is 108 Å². The zero-order valence-corrected chi connectivity index (χ0v) is 14.7. The average Bonchev–Trinajstić information content (AvgIpc) is 2.66. The Balaban J connectivity index is 1.66. The quantitative estimate of drug-likeness (QED) is 0.598. The van der Waals surface area contributed by atoms with Crippen molar-refractivity contribution in [3.8, 4) is 0 Å². The maximum Gasteiger partial charge on any atom is 0.119 e. The van der Waals surface area contributed by atoms with E-state index in [1.54, 1.807) is 0 Å². The van der Waals surface area contributed by atoms with Crippen LogP contribution >= 0.6 is 0 Å². The maximum absolute atomic E-state index is 6.03. The van der Waals surface area contributed by atoms with Crippen LogP contribution in [0.4, 0.5) is 0 Å². The van der Waals surface area contributed by atoms with Crippen LogP contribution in [0.2, 0.25) is 0 Å². The number of allylic oxidation sites excluding steroid dienone is 4. The first-order valence-corrected chi connectivity index (χ1v) is 8.62. The highest BCUT2D eigenvalue weighted by molar-refractivity contribution is 5.28. The van der Waals surface area contributed by atoms with Gasteiger partial charge in [-0.15, -0.1) is 0 Å². The molecule has 1 aliphatic carbocycles. The molecule has 2 aromatic rings. The van der Waals surface area contributed by atoms with E-state index in [2.05, 4.69) is 43.8 Å². The predicted octanol–water partition coefficient (Wildman–Crippen LogP) is 5.78. The first-order valence-electron chi connectivity index (χ1n) is 8.62. The van der Waals surface area contributed by atoms with Gasteiger partial charge in [0.05, 0.1) is 0 Å². The smallest absolute Gasteiger partial charge is 0.119 e. The van der Waals surface area contributed by atoms with Crippen LogP contribution < -0.4 is 0 Å². The first kappa shape index (κ1) is 17.1. The summed E-state index contributed by atoms with van der Waals surface area (Å²) in [6.45, 7) is 7.28. The summed E-state index contributed by atoms with van der Waals surface area (Å²) in [4.78, 5) is 0. The fourth-order valence-electron chi connectivity index (χ4n) is 2.74. The molecule has 0 radical (unpaired) electrons. The normalized spacial score (nSPS) is 16.6. The number of hydrogen-bond donors (Lipinski definition) is 0. The summed E-state index contributed by atoms with van der Waals surface area (Å²) < 4.78 is 12.0. The van der Waals surface area contributed by atoms with E-state index in [1.807, 2.05) is 42.5 Å². The van der Waals surface area contributed by atoms with Crippen molar-refractivity contribution in [2.75, 3.05) is 0 Å². The van der Waals surface area contributed by atoms with E-state index in [0.717, 1.165) is 34.6 Å². The van der Waals surface area contributed by atoms with Crippen LogP contribution in [-0.4, -0.2) is 0 Å². The molecule has 0 fully saturated rings. The fraction of sp³-hybridized carbons (Fsp3) is 0.217. The monoisotopic (exact) mass is 332 g/mol. The van der Waals surface area contributed by atoms with Crippen molar-refractivity contribution < 1.29 is 9.47 Å². The van der Waals surface area contributed by atoms with Crippen molar-refractivity contribution in [1.29, 1.82) is 0 Å². The molecule has 0 bridgehead atoms. The van der Waals surface area contributed by atoms with Gasteiger partial charge in [0, 0.05) is 18.4 Å². The lowest BCUT2D eigenvalue weighted by molar-refractivity contribution is 0.167. The van der Waals surface area contributed by atoms with E-state index in [-0.39, 0.29) is 5.92 Å². The molecule has 0 saturated heterocycles. The zero-order chi connectivity index (χ0) is 17.5. The Kier molecular flexibility index (Phi) is 5.73. The summed E-state index contributed by atoms with van der Waals surface area (Å²) in [6, 6.07) is 20.4. The van der Waals surface area contributed by atoms with E-state index in [1.165, 1.54) is 0 Å². The van der Waals surface area contributed by atoms with E-state index < -0.39 is 0 Å². The van der Waals surface area contributed by atoms with Gasteiger partial charge in [-0.1, -0.05) is 72.8 Å². The van der Waals surface area contributed by atoms with Crippen molar-refractivity contribution >= 4 is 0 Å². The topological polar surface area (TPSA) is 18.5 Å². The Bertz CT molecular complexity index is 757. The van der Waals surface area contributed by atoms with Gasteiger partial charge in [0.1, 0.15) is 24.7 Å². The molecule has 1 aliphatic rings. The Morgan fingerprint density at radius 1 is 0.920 bits per heavy atom. The summed E-state index contributed by atoms with van der Waals surface area (Å²) in [5.41, 5.74) is 3.44. The van der Waals surface area contributed by atoms with Gasteiger partial charge in [-0.25, -0.2) is 0 Å². The highest BCUT2D eigenvalue weighted by atomic mass is 16.5. The molecule has 0 N–H and O–H groups in total. The van der Waals surface area contributed by atoms with Crippen LogP contribution in [0.3, 0.4) is 0 Å². The molecule has 0 spiro atoms. The van der Waals surface area contributed by atoms with Crippen molar-refractivity contribution in [2.45, 2.75) is 26.6 Å². The second-order valence-electron chi connectivity index (χ2n) is 6.39. The summed E-state index contributed by atoms with van der Waals surface area (Å²) in [6.07, 6.45) is 4.98. The lowest BCUT2D eigenvalue weighted by Crippen LogP contribution is -2.10. The highest BCUT2D eigenvalue weighted by Gasteiger charge is 2.18. The molecule has 0 heterocycles. The third kappa shape index (κ3) is 5.12. The van der Waals surface area contributed by atoms with Crippen LogP contribution in [-0.2, 0) is 22.7 Å². The standard InChI is InChI=1S/C23H24O2/c1-18(2)21-13-22(24-16-19-9-5-3-6-10-19)15-23(14-21)25-17-20-11-7-4-8-12-20/h3-13,15,21H,1,14,16-17H2,2H3/t21-/m0/s1. The van der Waals surface area contributed by atoms with Gasteiger partial charge in [-0.2, -0.15) is 0 Å². The van der Waals surface area contributed by atoms with Gasteiger partial charge in [0.25, 0.3) is 0 Å². The minimum atomic E-state index is 0.251. The lowest BCUT2D eigenvalue weighted by atomic mass is 9.92. The number of rotatable bonds is 7. The molecular formula is C23H24O2. The third-order valence-corrected chi connectivity index (χ3v) is 4.24. The molecule has 0 saturated carbocycles. The number of ether oxygens (including phenoxy) is 2.